The van der Waals surface area contributed by atoms with E-state index in [4.69, 9.17) is 5.11 Å². The molecule has 0 rings (SSSR count). The standard InChI is InChI=1S/C20H42O.4Na.2O5P2/c1-2-3-4-5-6-7-8-9-10-11-12-13-14-15-16-17-18-19-20-21;;;;;2*1-6(2)5-7(3)4/h21H,2-20H2,1H3;;;;;;/q;4*+1;;. The smallest absolute Gasteiger partial charge is 0.563 e. The van der Waals surface area contributed by atoms with Gasteiger partial charge in [0.15, 0.2) is 0 Å². The molecule has 0 aromatic heterocycles. The molecule has 0 aromatic rings. The Hall–Kier alpha value is 4.12. The molecule has 19 heteroatoms. The second-order valence-corrected chi connectivity index (χ2v) is 10.9. The first kappa shape index (κ1) is 58.6. The molecule has 11 nitrogen and oxygen atoms in total. The van der Waals surface area contributed by atoms with Crippen molar-refractivity contribution >= 4 is 33.0 Å². The minimum Gasteiger partial charge on any atom is -0.563 e. The van der Waals surface area contributed by atoms with Crippen molar-refractivity contribution in [2.75, 3.05) is 6.61 Å². The Morgan fingerprint density at radius 1 is 0.436 bits per heavy atom. The van der Waals surface area contributed by atoms with Gasteiger partial charge < -0.3 is 24.7 Å². The van der Waals surface area contributed by atoms with Crippen LogP contribution in [-0.4, -0.2) is 11.7 Å². The summed E-state index contributed by atoms with van der Waals surface area (Å²) in [5.41, 5.74) is 0. The number of aliphatic hydroxyl groups is 1. The van der Waals surface area contributed by atoms with Crippen molar-refractivity contribution < 1.29 is 170 Å². The maximum atomic E-state index is 9.24. The van der Waals surface area contributed by atoms with Gasteiger partial charge in [-0.25, -0.2) is 0 Å². The SMILES string of the molecule is CCCCCCCCCCCCCCCCCCCCO.O=[P+]([O-])O[P+](=O)[O-].O=[P+]([O-])O[P+](=O)[O-].[Na+].[Na+].[Na+].[Na+]. The molecule has 0 radical (unpaired) electrons. The van der Waals surface area contributed by atoms with E-state index in [0.29, 0.717) is 6.61 Å². The van der Waals surface area contributed by atoms with Gasteiger partial charge in [-0.2, -0.15) is 0 Å². The number of hydrogen-bond acceptors (Lipinski definition) is 11. The van der Waals surface area contributed by atoms with Crippen molar-refractivity contribution in [1.29, 1.82) is 0 Å². The summed E-state index contributed by atoms with van der Waals surface area (Å²) < 4.78 is 43.3. The molecule has 0 saturated carbocycles. The van der Waals surface area contributed by atoms with Crippen LogP contribution < -0.4 is 138 Å². The van der Waals surface area contributed by atoms with E-state index in [1.165, 1.54) is 109 Å². The number of aliphatic hydroxyl groups excluding tert-OH is 1. The van der Waals surface area contributed by atoms with Crippen molar-refractivity contribution in [3.8, 4) is 0 Å². The molecule has 1 N–H and O–H groups in total. The zero-order valence-electron chi connectivity index (χ0n) is 24.8. The molecular formula is C20H42Na4O11P4+4. The van der Waals surface area contributed by atoms with Gasteiger partial charge in [0, 0.05) is 6.61 Å². The summed E-state index contributed by atoms with van der Waals surface area (Å²) in [5.74, 6) is 0. The maximum Gasteiger partial charge on any atom is 1.00 e. The Labute approximate surface area is 327 Å². The number of rotatable bonds is 22. The predicted octanol–water partition coefficient (Wildman–Crippen LogP) is -6.89. The molecule has 0 saturated heterocycles. The van der Waals surface area contributed by atoms with E-state index < -0.39 is 33.0 Å². The average Bonchev–Trinajstić information content (AvgIpc) is 2.75. The molecular weight excluding hydrogens is 632 g/mol. The predicted molar refractivity (Wildman–Crippen MR) is 128 cm³/mol. The molecule has 208 valence electrons. The van der Waals surface area contributed by atoms with Crippen molar-refractivity contribution in [3.05, 3.63) is 0 Å². The molecule has 39 heavy (non-hydrogen) atoms. The fraction of sp³-hybridized carbons (Fsp3) is 1.00. The summed E-state index contributed by atoms with van der Waals surface area (Å²) in [6, 6.07) is 0. The van der Waals surface area contributed by atoms with Gasteiger partial charge in [-0.15, -0.1) is 0 Å². The van der Waals surface area contributed by atoms with Gasteiger partial charge in [-0.05, 0) is 24.7 Å². The second kappa shape index (κ2) is 51.7. The van der Waals surface area contributed by atoms with Crippen LogP contribution in [0.3, 0.4) is 0 Å². The van der Waals surface area contributed by atoms with Crippen molar-refractivity contribution in [2.45, 2.75) is 122 Å². The molecule has 0 aliphatic carbocycles. The Bertz CT molecular complexity index is 476. The quantitative estimate of drug-likeness (QED) is 0.0651. The first-order chi connectivity index (χ1) is 16.7. The van der Waals surface area contributed by atoms with Crippen molar-refractivity contribution in [3.63, 3.8) is 0 Å². The second-order valence-electron chi connectivity index (χ2n) is 7.79. The van der Waals surface area contributed by atoms with Gasteiger partial charge in [0.1, 0.15) is 8.62 Å². The van der Waals surface area contributed by atoms with E-state index >= 15 is 0 Å². The third kappa shape index (κ3) is 74.7. The fourth-order valence-electron chi connectivity index (χ4n) is 3.12. The Balaban J connectivity index is -0.0000000951. The van der Waals surface area contributed by atoms with Gasteiger partial charge in [0.05, 0.1) is 0 Å². The Morgan fingerprint density at radius 3 is 0.744 bits per heavy atom. The monoisotopic (exact) mass is 674 g/mol. The minimum atomic E-state index is -3.24. The molecule has 0 heterocycles. The van der Waals surface area contributed by atoms with Crippen LogP contribution in [0.15, 0.2) is 0 Å². The summed E-state index contributed by atoms with van der Waals surface area (Å²) >= 11 is 0. The van der Waals surface area contributed by atoms with Crippen LogP contribution in [0.4, 0.5) is 0 Å². The van der Waals surface area contributed by atoms with E-state index in [-0.39, 0.29) is 118 Å². The van der Waals surface area contributed by atoms with E-state index in [0.717, 1.165) is 6.42 Å². The van der Waals surface area contributed by atoms with Crippen LogP contribution in [0.25, 0.3) is 0 Å². The van der Waals surface area contributed by atoms with Gasteiger partial charge >= 0.3 is 151 Å². The molecule has 0 aromatic carbocycles. The van der Waals surface area contributed by atoms with Crippen molar-refractivity contribution in [1.82, 2.24) is 0 Å². The normalized spacial score (nSPS) is 10.8. The topological polar surface area (TPSA) is 199 Å². The first-order valence-electron chi connectivity index (χ1n) is 12.2. The van der Waals surface area contributed by atoms with Crippen LogP contribution >= 0.6 is 33.0 Å². The summed E-state index contributed by atoms with van der Waals surface area (Å²) in [6.07, 6.45) is 25.1. The summed E-state index contributed by atoms with van der Waals surface area (Å²) in [5, 5.41) is 8.69. The number of unbranched alkanes of at least 4 members (excludes halogenated alkanes) is 17. The largest absolute Gasteiger partial charge is 1.00 e. The van der Waals surface area contributed by atoms with Crippen LogP contribution in [0.5, 0.6) is 0 Å². The minimum absolute atomic E-state index is 0. The Morgan fingerprint density at radius 2 is 0.615 bits per heavy atom. The molecule has 0 spiro atoms. The summed E-state index contributed by atoms with van der Waals surface area (Å²) in [4.78, 5) is 37.0. The third-order valence-electron chi connectivity index (χ3n) is 4.78. The molecule has 4 unspecified atom stereocenters. The molecule has 0 bridgehead atoms. The van der Waals surface area contributed by atoms with E-state index in [1.807, 2.05) is 0 Å². The summed E-state index contributed by atoms with van der Waals surface area (Å²) in [7, 11) is -12.9. The Kier molecular flexibility index (Phi) is 77.7. The average molecular weight is 674 g/mol. The van der Waals surface area contributed by atoms with Gasteiger partial charge in [0.2, 0.25) is 0 Å². The van der Waals surface area contributed by atoms with Crippen LogP contribution in [0.2, 0.25) is 0 Å². The molecule has 0 aliphatic heterocycles. The zero-order chi connectivity index (χ0) is 27.2. The van der Waals surface area contributed by atoms with Crippen LogP contribution in [0.1, 0.15) is 122 Å². The van der Waals surface area contributed by atoms with Crippen LogP contribution in [0, 0.1) is 0 Å². The van der Waals surface area contributed by atoms with E-state index in [9.17, 15) is 37.8 Å². The van der Waals surface area contributed by atoms with E-state index in [2.05, 4.69) is 15.5 Å². The van der Waals surface area contributed by atoms with Crippen LogP contribution in [-0.2, 0) is 26.9 Å². The zero-order valence-corrected chi connectivity index (χ0v) is 36.3. The van der Waals surface area contributed by atoms with Gasteiger partial charge in [-0.3, -0.25) is 0 Å². The fourth-order valence-corrected chi connectivity index (χ4v) is 3.99. The molecule has 0 aliphatic rings. The number of hydrogen-bond donors (Lipinski definition) is 1. The summed E-state index contributed by atoms with van der Waals surface area (Å²) in [6.45, 7) is 2.66. The van der Waals surface area contributed by atoms with E-state index in [1.54, 1.807) is 0 Å². The molecule has 0 amide bonds. The molecule has 0 fully saturated rings. The van der Waals surface area contributed by atoms with Gasteiger partial charge in [0.25, 0.3) is 0 Å². The third-order valence-corrected chi connectivity index (χ3v) is 6.91. The van der Waals surface area contributed by atoms with Crippen molar-refractivity contribution in [2.24, 2.45) is 0 Å². The first-order valence-corrected chi connectivity index (χ1v) is 16.6. The maximum absolute atomic E-state index is 9.24. The molecule has 4 atom stereocenters. The van der Waals surface area contributed by atoms with Gasteiger partial charge in [-0.1, -0.05) is 116 Å².